The number of carbonyl (C=O) groups is 2. The second kappa shape index (κ2) is 12.1. The van der Waals surface area contributed by atoms with Gasteiger partial charge in [0.15, 0.2) is 0 Å². The van der Waals surface area contributed by atoms with Gasteiger partial charge < -0.3 is 21.1 Å². The van der Waals surface area contributed by atoms with Crippen LogP contribution in [0.2, 0.25) is 0 Å². The van der Waals surface area contributed by atoms with E-state index in [1.54, 1.807) is 10.7 Å². The molecule has 13 heteroatoms. The van der Waals surface area contributed by atoms with Gasteiger partial charge in [-0.05, 0) is 69.4 Å². The van der Waals surface area contributed by atoms with E-state index in [2.05, 4.69) is 25.7 Å². The molecule has 2 aliphatic carbocycles. The van der Waals surface area contributed by atoms with E-state index in [1.807, 2.05) is 13.8 Å². The number of allylic oxidation sites excluding steroid dienone is 1. The van der Waals surface area contributed by atoms with E-state index in [1.165, 1.54) is 19.5 Å². The van der Waals surface area contributed by atoms with Crippen molar-refractivity contribution < 1.29 is 27.5 Å². The van der Waals surface area contributed by atoms with Crippen LogP contribution in [0.1, 0.15) is 67.2 Å². The lowest BCUT2D eigenvalue weighted by Gasteiger charge is -2.28. The van der Waals surface area contributed by atoms with Crippen molar-refractivity contribution in [3.63, 3.8) is 0 Å². The molecule has 0 aromatic carbocycles. The maximum absolute atomic E-state index is 13.6. The molecule has 2 aromatic rings. The molecule has 1 unspecified atom stereocenters. The molecular weight excluding hydrogens is 527 g/mol. The van der Waals surface area contributed by atoms with E-state index in [4.69, 9.17) is 10.5 Å². The van der Waals surface area contributed by atoms with Gasteiger partial charge in [-0.1, -0.05) is 0 Å². The Morgan fingerprint density at radius 3 is 2.42 bits per heavy atom. The smallest absolute Gasteiger partial charge is 0.416 e. The summed E-state index contributed by atoms with van der Waals surface area (Å²) < 4.78 is 47.1. The van der Waals surface area contributed by atoms with Gasteiger partial charge in [-0.2, -0.15) is 18.3 Å². The zero-order valence-corrected chi connectivity index (χ0v) is 22.6. The van der Waals surface area contributed by atoms with Crippen LogP contribution in [0.25, 0.3) is 0 Å². The zero-order valence-electron chi connectivity index (χ0n) is 22.6. The van der Waals surface area contributed by atoms with Crippen molar-refractivity contribution >= 4 is 18.0 Å². The van der Waals surface area contributed by atoms with Gasteiger partial charge in [0, 0.05) is 36.4 Å². The largest absolute Gasteiger partial charge is 0.481 e. The third kappa shape index (κ3) is 6.80. The summed E-state index contributed by atoms with van der Waals surface area (Å²) in [5, 5.41) is 9.85. The van der Waals surface area contributed by atoms with Gasteiger partial charge in [-0.3, -0.25) is 19.3 Å². The molecule has 0 radical (unpaired) electrons. The van der Waals surface area contributed by atoms with Crippen molar-refractivity contribution in [3.8, 4) is 5.88 Å². The van der Waals surface area contributed by atoms with Gasteiger partial charge >= 0.3 is 6.18 Å². The number of rotatable bonds is 12. The molecule has 2 aliphatic rings. The molecule has 2 heterocycles. The Morgan fingerprint density at radius 1 is 1.20 bits per heavy atom. The first kappa shape index (κ1) is 29.1. The zero-order chi connectivity index (χ0) is 29.0. The van der Waals surface area contributed by atoms with Crippen molar-refractivity contribution in [2.75, 3.05) is 7.11 Å². The van der Waals surface area contributed by atoms with E-state index in [9.17, 15) is 22.8 Å². The Kier molecular flexibility index (Phi) is 8.79. The number of pyridine rings is 1. The summed E-state index contributed by atoms with van der Waals surface area (Å²) >= 11 is 0. The SMILES string of the molecule is COc1nccc(C(F)(F)F)c1CN=C/C(=C\N)NC(=O)C(NC(=O)c1ccnn1C(C)C)C(C1CC1)C1CC1. The molecule has 2 saturated carbocycles. The van der Waals surface area contributed by atoms with E-state index < -0.39 is 36.1 Å². The normalized spacial score (nSPS) is 16.9. The lowest BCUT2D eigenvalue weighted by atomic mass is 9.88. The molecule has 2 fully saturated rings. The first-order valence-electron chi connectivity index (χ1n) is 13.2. The highest BCUT2D eigenvalue weighted by Gasteiger charge is 2.48. The number of hydrogen-bond acceptors (Lipinski definition) is 7. The molecule has 0 aliphatic heterocycles. The predicted octanol–water partition coefficient (Wildman–Crippen LogP) is 3.61. The molecule has 2 amide bonds. The molecule has 4 rings (SSSR count). The fourth-order valence-corrected chi connectivity index (χ4v) is 4.99. The van der Waals surface area contributed by atoms with Crippen LogP contribution < -0.4 is 21.1 Å². The van der Waals surface area contributed by atoms with Crippen LogP contribution in [0.3, 0.4) is 0 Å². The topological polar surface area (TPSA) is 137 Å². The summed E-state index contributed by atoms with van der Waals surface area (Å²) in [6.07, 6.45) is 4.15. The van der Waals surface area contributed by atoms with Crippen molar-refractivity contribution in [2.24, 2.45) is 28.5 Å². The Hall–Kier alpha value is -3.90. The number of nitrogens with two attached hydrogens (primary N) is 1. The third-order valence-electron chi connectivity index (χ3n) is 7.12. The minimum atomic E-state index is -4.63. The molecular formula is C27H34F3N7O3. The van der Waals surface area contributed by atoms with Gasteiger partial charge in [0.05, 0.1) is 24.9 Å². The highest BCUT2D eigenvalue weighted by atomic mass is 19.4. The number of methoxy groups -OCH3 is 1. The summed E-state index contributed by atoms with van der Waals surface area (Å²) in [4.78, 5) is 34.8. The van der Waals surface area contributed by atoms with Crippen molar-refractivity contribution in [2.45, 2.75) is 64.3 Å². The summed E-state index contributed by atoms with van der Waals surface area (Å²) in [6, 6.07) is 1.57. The highest BCUT2D eigenvalue weighted by molar-refractivity contribution is 5.98. The van der Waals surface area contributed by atoms with Crippen molar-refractivity contribution in [1.82, 2.24) is 25.4 Å². The van der Waals surface area contributed by atoms with Crippen molar-refractivity contribution in [1.29, 1.82) is 0 Å². The first-order chi connectivity index (χ1) is 19.0. The lowest BCUT2D eigenvalue weighted by Crippen LogP contribution is -2.52. The molecule has 0 bridgehead atoms. The maximum atomic E-state index is 13.6. The molecule has 0 spiro atoms. The second-order valence-corrected chi connectivity index (χ2v) is 10.4. The molecule has 1 atom stereocenters. The lowest BCUT2D eigenvalue weighted by molar-refractivity contribution is -0.138. The minimum absolute atomic E-state index is 0.0377. The number of nitrogens with zero attached hydrogens (tertiary/aromatic N) is 4. The Morgan fingerprint density at radius 2 is 1.88 bits per heavy atom. The molecule has 10 nitrogen and oxygen atoms in total. The summed E-state index contributed by atoms with van der Waals surface area (Å²) in [5.74, 6) is -0.453. The molecule has 0 saturated heterocycles. The Bertz CT molecular complexity index is 1270. The number of carbonyl (C=O) groups excluding carboxylic acids is 2. The number of halogens is 3. The molecule has 4 N–H and O–H groups in total. The summed E-state index contributed by atoms with van der Waals surface area (Å²) in [6.45, 7) is 3.40. The van der Waals surface area contributed by atoms with Crippen LogP contribution in [-0.2, 0) is 17.5 Å². The number of aliphatic imine (C=N–C) groups is 1. The quantitative estimate of drug-likeness (QED) is 0.339. The summed E-state index contributed by atoms with van der Waals surface area (Å²) in [7, 11) is 1.22. The predicted molar refractivity (Wildman–Crippen MR) is 141 cm³/mol. The Balaban J connectivity index is 1.52. The summed E-state index contributed by atoms with van der Waals surface area (Å²) in [5.41, 5.74) is 4.99. The number of nitrogens with one attached hydrogen (secondary N) is 2. The van der Waals surface area contributed by atoms with Crippen LogP contribution in [-0.4, -0.2) is 45.9 Å². The number of ether oxygens (including phenoxy) is 1. The van der Waals surface area contributed by atoms with E-state index in [0.717, 1.165) is 44.1 Å². The Labute approximate surface area is 230 Å². The van der Waals surface area contributed by atoms with Crippen LogP contribution in [0.15, 0.2) is 41.4 Å². The van der Waals surface area contributed by atoms with E-state index in [0.29, 0.717) is 17.5 Å². The molecule has 2 aromatic heterocycles. The van der Waals surface area contributed by atoms with Gasteiger partial charge in [0.2, 0.25) is 11.8 Å². The van der Waals surface area contributed by atoms with Crippen LogP contribution in [0.4, 0.5) is 13.2 Å². The standard InChI is InChI=1S/C27H34F3N7O3/c1-15(2)37-21(9-11-34-37)24(38)36-23(22(16-4-5-16)17-6-7-17)25(39)35-18(12-31)13-32-14-19-20(27(28,29)30)8-10-33-26(19)40-3/h8-13,15-17,22-23H,4-7,14,31H2,1-3H3,(H,35,39)(H,36,38)/b18-12+,32-13?. The highest BCUT2D eigenvalue weighted by Crippen LogP contribution is 2.50. The average Bonchev–Trinajstić information content (AvgIpc) is 3.86. The molecule has 40 heavy (non-hydrogen) atoms. The van der Waals surface area contributed by atoms with Gasteiger partial charge in [-0.25, -0.2) is 4.98 Å². The number of alkyl halides is 3. The third-order valence-corrected chi connectivity index (χ3v) is 7.12. The fraction of sp³-hybridized carbons (Fsp3) is 0.519. The maximum Gasteiger partial charge on any atom is 0.416 e. The first-order valence-corrected chi connectivity index (χ1v) is 13.2. The van der Waals surface area contributed by atoms with Gasteiger partial charge in [0.25, 0.3) is 5.91 Å². The fourth-order valence-electron chi connectivity index (χ4n) is 4.99. The van der Waals surface area contributed by atoms with Crippen LogP contribution >= 0.6 is 0 Å². The minimum Gasteiger partial charge on any atom is -0.481 e. The van der Waals surface area contributed by atoms with Crippen LogP contribution in [0.5, 0.6) is 5.88 Å². The van der Waals surface area contributed by atoms with Crippen molar-refractivity contribution in [3.05, 3.63) is 53.2 Å². The number of hydrogen-bond donors (Lipinski definition) is 3. The number of aromatic nitrogens is 3. The average molecular weight is 562 g/mol. The monoisotopic (exact) mass is 561 g/mol. The second-order valence-electron chi connectivity index (χ2n) is 10.4. The van der Waals surface area contributed by atoms with Gasteiger partial charge in [-0.15, -0.1) is 0 Å². The van der Waals surface area contributed by atoms with Crippen LogP contribution in [0, 0.1) is 17.8 Å². The van der Waals surface area contributed by atoms with Gasteiger partial charge in [0.1, 0.15) is 11.7 Å². The van der Waals surface area contributed by atoms with E-state index in [-0.39, 0.29) is 29.1 Å². The molecule has 216 valence electrons. The van der Waals surface area contributed by atoms with E-state index >= 15 is 0 Å². The number of amides is 2.